The van der Waals surface area contributed by atoms with Crippen molar-refractivity contribution in [2.24, 2.45) is 0 Å². The van der Waals surface area contributed by atoms with E-state index in [4.69, 9.17) is 14.2 Å². The molecule has 2 aliphatic rings. The maximum Gasteiger partial charge on any atom is 0.337 e. The quantitative estimate of drug-likeness (QED) is 0.454. The van der Waals surface area contributed by atoms with Gasteiger partial charge in [0.1, 0.15) is 11.5 Å². The molecule has 2 atom stereocenters. The van der Waals surface area contributed by atoms with Gasteiger partial charge in [0.2, 0.25) is 0 Å². The molecule has 0 saturated heterocycles. The van der Waals surface area contributed by atoms with Crippen molar-refractivity contribution in [2.45, 2.75) is 58.5 Å². The number of Topliss-reactive ketones (excluding diaryl/α,β-unsaturated/α-hetero) is 1. The molecule has 1 heterocycles. The van der Waals surface area contributed by atoms with Gasteiger partial charge in [-0.25, -0.2) is 4.79 Å². The molecule has 0 spiro atoms. The Morgan fingerprint density at radius 2 is 1.72 bits per heavy atom. The van der Waals surface area contributed by atoms with Gasteiger partial charge in [-0.05, 0) is 56.5 Å². The predicted molar refractivity (Wildman–Crippen MR) is 135 cm³/mol. The summed E-state index contributed by atoms with van der Waals surface area (Å²) in [5, 5.41) is 3.35. The standard InChI is InChI=1S/C29H31NO6/c1-16(2)35-29(33)26-17(3)30-23-14-20(22-8-6-7-9-25(22)34-5)15-24(32)28(23)27(26)19-10-12-21(13-11-19)36-18(4)31/h6-13,16,20,27,30H,14-15H2,1-5H3. The van der Waals surface area contributed by atoms with Gasteiger partial charge in [-0.2, -0.15) is 0 Å². The zero-order valence-corrected chi connectivity index (χ0v) is 21.2. The Hall–Kier alpha value is -3.87. The van der Waals surface area contributed by atoms with Crippen molar-refractivity contribution in [2.75, 3.05) is 7.11 Å². The number of rotatable bonds is 6. The van der Waals surface area contributed by atoms with Gasteiger partial charge in [-0.15, -0.1) is 0 Å². The number of esters is 2. The molecule has 7 heteroatoms. The van der Waals surface area contributed by atoms with Crippen LogP contribution < -0.4 is 14.8 Å². The molecule has 1 N–H and O–H groups in total. The van der Waals surface area contributed by atoms with Gasteiger partial charge < -0.3 is 19.5 Å². The van der Waals surface area contributed by atoms with Crippen LogP contribution in [-0.4, -0.2) is 30.9 Å². The van der Waals surface area contributed by atoms with Crippen molar-refractivity contribution >= 4 is 17.7 Å². The van der Waals surface area contributed by atoms with Crippen molar-refractivity contribution in [3.63, 3.8) is 0 Å². The van der Waals surface area contributed by atoms with E-state index in [1.54, 1.807) is 45.2 Å². The van der Waals surface area contributed by atoms with E-state index in [-0.39, 0.29) is 17.8 Å². The first-order valence-electron chi connectivity index (χ1n) is 12.1. The lowest BCUT2D eigenvalue weighted by molar-refractivity contribution is -0.143. The summed E-state index contributed by atoms with van der Waals surface area (Å²) in [6.07, 6.45) is 0.596. The maximum atomic E-state index is 13.7. The zero-order valence-electron chi connectivity index (χ0n) is 21.2. The van der Waals surface area contributed by atoms with Crippen molar-refractivity contribution in [3.8, 4) is 11.5 Å². The summed E-state index contributed by atoms with van der Waals surface area (Å²) >= 11 is 0. The van der Waals surface area contributed by atoms with Crippen LogP contribution in [0.5, 0.6) is 11.5 Å². The van der Waals surface area contributed by atoms with Crippen molar-refractivity contribution in [3.05, 3.63) is 82.2 Å². The molecule has 36 heavy (non-hydrogen) atoms. The lowest BCUT2D eigenvalue weighted by Crippen LogP contribution is -2.36. The van der Waals surface area contributed by atoms with E-state index in [1.165, 1.54) is 6.92 Å². The van der Waals surface area contributed by atoms with Crippen LogP contribution in [0.2, 0.25) is 0 Å². The minimum atomic E-state index is -0.593. The van der Waals surface area contributed by atoms with E-state index in [0.29, 0.717) is 35.4 Å². The maximum absolute atomic E-state index is 13.7. The van der Waals surface area contributed by atoms with Crippen molar-refractivity contribution in [1.29, 1.82) is 0 Å². The minimum Gasteiger partial charge on any atom is -0.496 e. The molecular weight excluding hydrogens is 458 g/mol. The number of benzene rings is 2. The van der Waals surface area contributed by atoms with Crippen LogP contribution in [0.25, 0.3) is 0 Å². The SMILES string of the molecule is COc1ccccc1C1CC(=O)C2=C(C1)NC(C)=C(C(=O)OC(C)C)C2c1ccc(OC(C)=O)cc1. The lowest BCUT2D eigenvalue weighted by Gasteiger charge is -2.37. The van der Waals surface area contributed by atoms with Crippen molar-refractivity contribution in [1.82, 2.24) is 5.32 Å². The fraction of sp³-hybridized carbons (Fsp3) is 0.345. The Kier molecular flexibility index (Phi) is 7.29. The normalized spacial score (nSPS) is 19.6. The number of carbonyl (C=O) groups is 3. The molecule has 2 aromatic carbocycles. The molecule has 0 aromatic heterocycles. The van der Waals surface area contributed by atoms with Gasteiger partial charge in [0.05, 0.1) is 18.8 Å². The van der Waals surface area contributed by atoms with E-state index >= 15 is 0 Å². The highest BCUT2D eigenvalue weighted by Crippen LogP contribution is 2.47. The van der Waals surface area contributed by atoms with Crippen LogP contribution in [0.1, 0.15) is 63.5 Å². The molecule has 0 radical (unpaired) electrons. The molecule has 0 amide bonds. The molecule has 1 aliphatic carbocycles. The summed E-state index contributed by atoms with van der Waals surface area (Å²) in [5.41, 5.74) is 4.17. The van der Waals surface area contributed by atoms with Crippen LogP contribution in [-0.2, 0) is 19.1 Å². The fourth-order valence-corrected chi connectivity index (χ4v) is 5.04. The average Bonchev–Trinajstić information content (AvgIpc) is 2.82. The summed E-state index contributed by atoms with van der Waals surface area (Å²) in [5.74, 6) is -0.412. The lowest BCUT2D eigenvalue weighted by atomic mass is 9.71. The number of para-hydroxylation sites is 1. The van der Waals surface area contributed by atoms with Crippen LogP contribution in [0, 0.1) is 0 Å². The van der Waals surface area contributed by atoms with Crippen molar-refractivity contribution < 1.29 is 28.6 Å². The Bertz CT molecular complexity index is 1250. The minimum absolute atomic E-state index is 0.0314. The van der Waals surface area contributed by atoms with E-state index in [9.17, 15) is 14.4 Å². The summed E-state index contributed by atoms with van der Waals surface area (Å²) in [6.45, 7) is 6.75. The molecule has 2 unspecified atom stereocenters. The highest BCUT2D eigenvalue weighted by Gasteiger charge is 2.42. The molecule has 4 rings (SSSR count). The van der Waals surface area contributed by atoms with Gasteiger partial charge in [0.25, 0.3) is 0 Å². The first-order chi connectivity index (χ1) is 17.2. The fourth-order valence-electron chi connectivity index (χ4n) is 5.04. The third kappa shape index (κ3) is 5.05. The van der Waals surface area contributed by atoms with Crippen LogP contribution >= 0.6 is 0 Å². The number of nitrogens with one attached hydrogen (secondary N) is 1. The smallest absolute Gasteiger partial charge is 0.337 e. The first-order valence-corrected chi connectivity index (χ1v) is 12.1. The highest BCUT2D eigenvalue weighted by molar-refractivity contribution is 6.04. The number of hydrogen-bond acceptors (Lipinski definition) is 7. The van der Waals surface area contributed by atoms with Crippen LogP contribution in [0.15, 0.2) is 71.1 Å². The Morgan fingerprint density at radius 3 is 2.36 bits per heavy atom. The molecule has 0 fully saturated rings. The number of ether oxygens (including phenoxy) is 3. The van der Waals surface area contributed by atoms with Gasteiger partial charge in [0.15, 0.2) is 5.78 Å². The average molecular weight is 490 g/mol. The zero-order chi connectivity index (χ0) is 26.0. The Balaban J connectivity index is 1.78. The number of ketones is 1. The number of methoxy groups -OCH3 is 1. The number of dihydropyridines is 1. The molecule has 0 bridgehead atoms. The monoisotopic (exact) mass is 489 g/mol. The first kappa shape index (κ1) is 25.2. The van der Waals surface area contributed by atoms with E-state index in [1.807, 2.05) is 31.2 Å². The summed E-state index contributed by atoms with van der Waals surface area (Å²) in [4.78, 5) is 38.3. The molecule has 7 nitrogen and oxygen atoms in total. The summed E-state index contributed by atoms with van der Waals surface area (Å²) in [6, 6.07) is 14.7. The molecule has 188 valence electrons. The number of carbonyl (C=O) groups excluding carboxylic acids is 3. The molecular formula is C29H31NO6. The van der Waals surface area contributed by atoms with E-state index < -0.39 is 17.9 Å². The number of hydrogen-bond donors (Lipinski definition) is 1. The summed E-state index contributed by atoms with van der Waals surface area (Å²) in [7, 11) is 1.63. The molecule has 2 aromatic rings. The second-order valence-electron chi connectivity index (χ2n) is 9.38. The Labute approximate surface area is 211 Å². The van der Waals surface area contributed by atoms with E-state index in [0.717, 1.165) is 22.6 Å². The second-order valence-corrected chi connectivity index (χ2v) is 9.38. The van der Waals surface area contributed by atoms with Gasteiger partial charge in [-0.3, -0.25) is 9.59 Å². The Morgan fingerprint density at radius 1 is 1.03 bits per heavy atom. The van der Waals surface area contributed by atoms with Gasteiger partial charge in [0, 0.05) is 42.1 Å². The third-order valence-electron chi connectivity index (χ3n) is 6.44. The second kappa shape index (κ2) is 10.4. The third-order valence-corrected chi connectivity index (χ3v) is 6.44. The largest absolute Gasteiger partial charge is 0.496 e. The topological polar surface area (TPSA) is 90.9 Å². The number of allylic oxidation sites excluding steroid dienone is 3. The highest BCUT2D eigenvalue weighted by atomic mass is 16.5. The summed E-state index contributed by atoms with van der Waals surface area (Å²) < 4.78 is 16.3. The van der Waals surface area contributed by atoms with Crippen LogP contribution in [0.3, 0.4) is 0 Å². The van der Waals surface area contributed by atoms with Crippen LogP contribution in [0.4, 0.5) is 0 Å². The van der Waals surface area contributed by atoms with E-state index in [2.05, 4.69) is 5.32 Å². The van der Waals surface area contributed by atoms with Gasteiger partial charge in [-0.1, -0.05) is 30.3 Å². The molecule has 0 saturated carbocycles. The van der Waals surface area contributed by atoms with Gasteiger partial charge >= 0.3 is 11.9 Å². The predicted octanol–water partition coefficient (Wildman–Crippen LogP) is 4.93. The molecule has 1 aliphatic heterocycles.